The van der Waals surface area contributed by atoms with Crippen LogP contribution >= 0.6 is 15.9 Å². The Kier molecular flexibility index (Phi) is 0.937. The molecular formula is C8H10BrNO. The van der Waals surface area contributed by atoms with E-state index in [1.807, 2.05) is 0 Å². The van der Waals surface area contributed by atoms with Crippen LogP contribution in [0.15, 0.2) is 22.8 Å². The molecule has 1 aromatic rings. The van der Waals surface area contributed by atoms with Gasteiger partial charge in [-0.25, -0.2) is 0 Å². The molecule has 0 aromatic carbocycles. The van der Waals surface area contributed by atoms with Gasteiger partial charge in [0.2, 0.25) is 0 Å². The van der Waals surface area contributed by atoms with Crippen molar-refractivity contribution in [1.82, 2.24) is 4.98 Å². The molecule has 0 atom stereocenters. The summed E-state index contributed by atoms with van der Waals surface area (Å²) in [5.74, 6) is 0. The van der Waals surface area contributed by atoms with Crippen molar-refractivity contribution in [2.45, 2.75) is 19.3 Å². The van der Waals surface area contributed by atoms with Crippen molar-refractivity contribution in [1.29, 1.82) is 0 Å². The molecule has 1 N–H and O–H groups in total. The van der Waals surface area contributed by atoms with Crippen LogP contribution in [0.1, 0.15) is 27.6 Å². The minimum Gasteiger partial charge on any atom is -0.384 e. The van der Waals surface area contributed by atoms with Crippen LogP contribution in [0.2, 0.25) is 0 Å². The molecule has 1 rings (SSSR count). The minimum atomic E-state index is -3.11. The molecule has 0 aliphatic heterocycles. The van der Waals surface area contributed by atoms with E-state index >= 15 is 0 Å². The maximum absolute atomic E-state index is 10.1. The van der Waals surface area contributed by atoms with Crippen LogP contribution in [0.3, 0.4) is 0 Å². The quantitative estimate of drug-likeness (QED) is 0.788. The molecule has 0 saturated heterocycles. The second-order valence-electron chi connectivity index (χ2n) is 2.07. The second-order valence-corrected chi connectivity index (χ2v) is 2.99. The Balaban J connectivity index is 3.46. The van der Waals surface area contributed by atoms with Gasteiger partial charge in [-0.1, -0.05) is 15.9 Å². The highest BCUT2D eigenvalue weighted by Gasteiger charge is 2.16. The molecule has 0 bridgehead atoms. The zero-order chi connectivity index (χ0) is 13.5. The van der Waals surface area contributed by atoms with Crippen LogP contribution in [0.5, 0.6) is 0 Å². The molecule has 0 aliphatic carbocycles. The van der Waals surface area contributed by atoms with Crippen molar-refractivity contribution < 1.29 is 13.3 Å². The minimum absolute atomic E-state index is 0.410. The zero-order valence-corrected chi connectivity index (χ0v) is 7.09. The summed E-state index contributed by atoms with van der Waals surface area (Å²) in [6, 6.07) is 2.68. The fourth-order valence-corrected chi connectivity index (χ4v) is 0.938. The third kappa shape index (κ3) is 2.27. The van der Waals surface area contributed by atoms with E-state index in [0.717, 1.165) is 0 Å². The van der Waals surface area contributed by atoms with Crippen LogP contribution in [-0.2, 0) is 5.60 Å². The van der Waals surface area contributed by atoms with Gasteiger partial charge < -0.3 is 5.11 Å². The number of aliphatic hydroxyl groups is 1. The summed E-state index contributed by atoms with van der Waals surface area (Å²) in [6.45, 7) is -6.21. The third-order valence-electron chi connectivity index (χ3n) is 1.09. The molecule has 0 fully saturated rings. The molecular weight excluding hydrogens is 206 g/mol. The number of aromatic nitrogens is 1. The topological polar surface area (TPSA) is 33.1 Å². The van der Waals surface area contributed by atoms with Crippen LogP contribution in [0.4, 0.5) is 0 Å². The number of hydrogen-bond acceptors (Lipinski definition) is 2. The Bertz CT molecular complexity index is 401. The third-order valence-corrected chi connectivity index (χ3v) is 1.59. The normalized spacial score (nSPS) is 22.0. The van der Waals surface area contributed by atoms with Gasteiger partial charge >= 0.3 is 0 Å². The maximum atomic E-state index is 10.1. The average Bonchev–Trinajstić information content (AvgIpc) is 2.12. The monoisotopic (exact) mass is 221 g/mol. The summed E-state index contributed by atoms with van der Waals surface area (Å²) >= 11 is 3.07. The largest absolute Gasteiger partial charge is 0.384 e. The Labute approximate surface area is 82.8 Å². The van der Waals surface area contributed by atoms with Gasteiger partial charge in [0.1, 0.15) is 5.60 Å². The molecule has 1 heterocycles. The molecule has 2 nitrogen and oxygen atoms in total. The number of nitrogens with zero attached hydrogens (tertiary/aromatic N) is 1. The number of halogens is 1. The lowest BCUT2D eigenvalue weighted by molar-refractivity contribution is 0.0738. The van der Waals surface area contributed by atoms with Crippen molar-refractivity contribution in [2.75, 3.05) is 0 Å². The first-order chi connectivity index (χ1) is 7.50. The van der Waals surface area contributed by atoms with Gasteiger partial charge in [0, 0.05) is 18.9 Å². The first-order valence-corrected chi connectivity index (χ1v) is 3.64. The Hall–Kier alpha value is -0.410. The van der Waals surface area contributed by atoms with E-state index in [-0.39, 0.29) is 0 Å². The van der Waals surface area contributed by atoms with Gasteiger partial charge in [0.15, 0.2) is 0 Å². The summed E-state index contributed by atoms with van der Waals surface area (Å²) < 4.78 is 43.7. The fourth-order valence-electron chi connectivity index (χ4n) is 0.603. The Morgan fingerprint density at radius 2 is 2.45 bits per heavy atom. The van der Waals surface area contributed by atoms with Crippen molar-refractivity contribution in [3.05, 3.63) is 28.5 Å². The predicted octanol–water partition coefficient (Wildman–Crippen LogP) is 2.07. The molecule has 1 aromatic heterocycles. The summed E-state index contributed by atoms with van der Waals surface area (Å²) in [6.07, 6.45) is 1.22. The molecule has 11 heavy (non-hydrogen) atoms. The number of hydrogen-bond donors (Lipinski definition) is 1. The molecule has 0 unspecified atom stereocenters. The van der Waals surface area contributed by atoms with Crippen LogP contribution in [0.25, 0.3) is 0 Å². The van der Waals surface area contributed by atoms with Crippen LogP contribution < -0.4 is 0 Å². The van der Waals surface area contributed by atoms with Gasteiger partial charge in [-0.3, -0.25) is 4.98 Å². The Morgan fingerprint density at radius 3 is 3.00 bits per heavy atom. The molecule has 60 valence electrons. The van der Waals surface area contributed by atoms with Gasteiger partial charge in [0.25, 0.3) is 0 Å². The van der Waals surface area contributed by atoms with Crippen LogP contribution in [0, 0.1) is 0 Å². The lowest BCUT2D eigenvalue weighted by Crippen LogP contribution is -2.17. The zero-order valence-electron chi connectivity index (χ0n) is 11.5. The van der Waals surface area contributed by atoms with E-state index in [1.54, 1.807) is 0 Å². The molecule has 3 heteroatoms. The highest BCUT2D eigenvalue weighted by molar-refractivity contribution is 9.10. The highest BCUT2D eigenvalue weighted by atomic mass is 79.9. The molecule has 0 aliphatic rings. The van der Waals surface area contributed by atoms with Crippen molar-refractivity contribution in [3.63, 3.8) is 0 Å². The van der Waals surface area contributed by atoms with Gasteiger partial charge in [-0.2, -0.15) is 0 Å². The first-order valence-electron chi connectivity index (χ1n) is 5.84. The van der Waals surface area contributed by atoms with E-state index < -0.39 is 25.0 Å². The van der Waals surface area contributed by atoms with Crippen molar-refractivity contribution in [3.8, 4) is 0 Å². The highest BCUT2D eigenvalue weighted by Crippen LogP contribution is 2.19. The van der Waals surface area contributed by atoms with Crippen molar-refractivity contribution in [2.24, 2.45) is 0 Å². The van der Waals surface area contributed by atoms with E-state index in [4.69, 9.17) is 8.22 Å². The van der Waals surface area contributed by atoms with Gasteiger partial charge in [0.05, 0.1) is 5.69 Å². The molecule has 0 spiro atoms. The maximum Gasteiger partial charge on any atom is 0.101 e. The van der Waals surface area contributed by atoms with Gasteiger partial charge in [-0.15, -0.1) is 0 Å². The lowest BCUT2D eigenvalue weighted by atomic mass is 10.1. The first kappa shape index (κ1) is 3.54. The van der Waals surface area contributed by atoms with E-state index in [0.29, 0.717) is 4.47 Å². The van der Waals surface area contributed by atoms with E-state index in [2.05, 4.69) is 20.9 Å². The molecule has 0 saturated carbocycles. The smallest absolute Gasteiger partial charge is 0.101 e. The summed E-state index contributed by atoms with van der Waals surface area (Å²) in [7, 11) is 0. The molecule has 0 radical (unpaired) electrons. The van der Waals surface area contributed by atoms with E-state index in [1.165, 1.54) is 18.3 Å². The summed E-state index contributed by atoms with van der Waals surface area (Å²) in [5.41, 5.74) is -3.39. The standard InChI is InChI=1S/C8H10BrNO/c1-8(2,11)7-5-6(9)3-4-10-7/h3-5,11H,1-2H3/i1D3,2D3. The Morgan fingerprint density at radius 1 is 1.73 bits per heavy atom. The van der Waals surface area contributed by atoms with Crippen molar-refractivity contribution >= 4 is 15.9 Å². The van der Waals surface area contributed by atoms with Crippen LogP contribution in [-0.4, -0.2) is 10.1 Å². The lowest BCUT2D eigenvalue weighted by Gasteiger charge is -2.15. The van der Waals surface area contributed by atoms with E-state index in [9.17, 15) is 5.11 Å². The summed E-state index contributed by atoms with van der Waals surface area (Å²) in [5, 5.41) is 10.1. The molecule has 0 amide bonds. The van der Waals surface area contributed by atoms with Gasteiger partial charge in [-0.05, 0) is 25.8 Å². The second kappa shape index (κ2) is 2.91. The SMILES string of the molecule is [2H]C([2H])([2H])C(O)(c1cc(Br)ccn1)C([2H])([2H])[2H]. The summed E-state index contributed by atoms with van der Waals surface area (Å²) in [4.78, 5) is 3.64. The number of pyridine rings is 1. The number of rotatable bonds is 1. The predicted molar refractivity (Wildman–Crippen MR) is 47.2 cm³/mol. The fraction of sp³-hybridized carbons (Fsp3) is 0.375. The average molecular weight is 222 g/mol.